The molecule has 13 nitrogen and oxygen atoms in total. The fourth-order valence-corrected chi connectivity index (χ4v) is 7.44. The summed E-state index contributed by atoms with van der Waals surface area (Å²) in [4.78, 5) is 23.3. The maximum absolute atomic E-state index is 12.9. The van der Waals surface area contributed by atoms with E-state index < -0.39 is 75.2 Å². The Balaban J connectivity index is 2.65. The van der Waals surface area contributed by atoms with Crippen molar-refractivity contribution >= 4 is 13.7 Å². The van der Waals surface area contributed by atoms with Gasteiger partial charge in [0.05, 0.1) is 31.3 Å². The highest BCUT2D eigenvalue weighted by Crippen LogP contribution is 2.47. The molecule has 0 spiro atoms. The molecule has 8 atom stereocenters. The number of aliphatic hydroxyl groups excluding tert-OH is 7. The van der Waals surface area contributed by atoms with E-state index in [4.69, 9.17) is 9.05 Å². The zero-order valence-electron chi connectivity index (χ0n) is 32.0. The summed E-state index contributed by atoms with van der Waals surface area (Å²) in [7, 11) is -5.13. The minimum atomic E-state index is -5.13. The second kappa shape index (κ2) is 29.3. The number of hydrogen-bond acceptors (Lipinski definition) is 11. The van der Waals surface area contributed by atoms with Gasteiger partial charge in [0.2, 0.25) is 5.91 Å². The quantitative estimate of drug-likeness (QED) is 0.0248. The third-order valence-electron chi connectivity index (χ3n) is 9.87. The molecule has 308 valence electrons. The van der Waals surface area contributed by atoms with Gasteiger partial charge in [0.1, 0.15) is 36.6 Å². The van der Waals surface area contributed by atoms with Gasteiger partial charge in [0.15, 0.2) is 0 Å². The van der Waals surface area contributed by atoms with Crippen molar-refractivity contribution in [2.24, 2.45) is 0 Å². The summed E-state index contributed by atoms with van der Waals surface area (Å²) >= 11 is 0. The standard InChI is InChI=1S/C38H74NO12P/c1-3-5-7-9-11-13-15-16-18-20-22-24-26-31(41)30(28-50-52(48,49)51-38-36(46)34(44)33(43)35(45)37(38)47)39-32(42)27-29(40)25-23-21-19-17-14-12-10-8-6-4-2/h24,26,29-31,33-38,40-41,43-47H,3-23,25,27-28H2,1-2H3,(H,39,42)(H,48,49)/b26-24+. The van der Waals surface area contributed by atoms with Crippen molar-refractivity contribution in [3.05, 3.63) is 12.2 Å². The van der Waals surface area contributed by atoms with Crippen LogP contribution in [0.1, 0.15) is 162 Å². The minimum absolute atomic E-state index is 0.241. The molecule has 0 aromatic carbocycles. The van der Waals surface area contributed by atoms with Crippen LogP contribution in [0.15, 0.2) is 12.2 Å². The molecule has 1 rings (SSSR count). The highest BCUT2D eigenvalue weighted by molar-refractivity contribution is 7.47. The summed E-state index contributed by atoms with van der Waals surface area (Å²) in [5.74, 6) is -0.595. The Morgan fingerprint density at radius 2 is 1.10 bits per heavy atom. The van der Waals surface area contributed by atoms with Crippen molar-refractivity contribution in [1.82, 2.24) is 5.32 Å². The summed E-state index contributed by atoms with van der Waals surface area (Å²) in [5.41, 5.74) is 0. The van der Waals surface area contributed by atoms with E-state index in [0.717, 1.165) is 44.9 Å². The molecule has 52 heavy (non-hydrogen) atoms. The third-order valence-corrected chi connectivity index (χ3v) is 10.9. The lowest BCUT2D eigenvalue weighted by Crippen LogP contribution is -2.64. The van der Waals surface area contributed by atoms with E-state index >= 15 is 0 Å². The number of allylic oxidation sites excluding steroid dienone is 1. The van der Waals surface area contributed by atoms with Crippen LogP contribution in [0.25, 0.3) is 0 Å². The van der Waals surface area contributed by atoms with E-state index in [2.05, 4.69) is 19.2 Å². The Morgan fingerprint density at radius 3 is 1.58 bits per heavy atom. The molecule has 0 aromatic rings. The van der Waals surface area contributed by atoms with Crippen LogP contribution in [-0.4, -0.2) is 108 Å². The van der Waals surface area contributed by atoms with Crippen LogP contribution < -0.4 is 5.32 Å². The Morgan fingerprint density at radius 1 is 0.673 bits per heavy atom. The predicted octanol–water partition coefficient (Wildman–Crippen LogP) is 5.08. The van der Waals surface area contributed by atoms with Crippen LogP contribution in [0.2, 0.25) is 0 Å². The average molecular weight is 768 g/mol. The summed E-state index contributed by atoms with van der Waals surface area (Å²) in [6, 6.07) is -1.23. The molecule has 0 saturated heterocycles. The van der Waals surface area contributed by atoms with Crippen LogP contribution >= 0.6 is 7.82 Å². The van der Waals surface area contributed by atoms with Crippen LogP contribution in [0, 0.1) is 0 Å². The molecular weight excluding hydrogens is 693 g/mol. The first-order valence-electron chi connectivity index (χ1n) is 20.2. The number of nitrogens with one attached hydrogen (secondary N) is 1. The molecule has 1 amide bonds. The maximum atomic E-state index is 12.9. The molecule has 14 heteroatoms. The maximum Gasteiger partial charge on any atom is 0.472 e. The van der Waals surface area contributed by atoms with Gasteiger partial charge in [-0.3, -0.25) is 13.8 Å². The lowest BCUT2D eigenvalue weighted by atomic mass is 9.85. The van der Waals surface area contributed by atoms with Crippen molar-refractivity contribution in [3.8, 4) is 0 Å². The number of phosphoric ester groups is 1. The van der Waals surface area contributed by atoms with Crippen LogP contribution in [0.3, 0.4) is 0 Å². The molecule has 0 aliphatic heterocycles. The largest absolute Gasteiger partial charge is 0.472 e. The Kier molecular flexibility index (Phi) is 27.7. The number of aliphatic hydroxyl groups is 7. The molecular formula is C38H74NO12P. The van der Waals surface area contributed by atoms with Gasteiger partial charge in [-0.2, -0.15) is 0 Å². The van der Waals surface area contributed by atoms with E-state index in [1.165, 1.54) is 89.5 Å². The van der Waals surface area contributed by atoms with E-state index in [0.29, 0.717) is 12.8 Å². The normalized spacial score (nSPS) is 25.2. The van der Waals surface area contributed by atoms with Crippen molar-refractivity contribution in [3.63, 3.8) is 0 Å². The van der Waals surface area contributed by atoms with Crippen LogP contribution in [0.5, 0.6) is 0 Å². The number of carbonyl (C=O) groups excluding carboxylic acids is 1. The van der Waals surface area contributed by atoms with Gasteiger partial charge >= 0.3 is 7.82 Å². The number of hydrogen-bond donors (Lipinski definition) is 9. The number of amides is 1. The SMILES string of the molecule is CCCCCCCCCCCC/C=C/C(O)C(COP(=O)(O)OC1C(O)C(O)C(O)C(O)C1O)NC(=O)CC(O)CCCCCCCCCCCC. The summed E-state index contributed by atoms with van der Waals surface area (Å²) in [6.45, 7) is 3.68. The zero-order valence-corrected chi connectivity index (χ0v) is 32.9. The van der Waals surface area contributed by atoms with Gasteiger partial charge < -0.3 is 46.0 Å². The van der Waals surface area contributed by atoms with E-state index in [-0.39, 0.29) is 6.42 Å². The van der Waals surface area contributed by atoms with Gasteiger partial charge in [-0.25, -0.2) is 4.57 Å². The lowest BCUT2D eigenvalue weighted by Gasteiger charge is -2.41. The van der Waals surface area contributed by atoms with Crippen LogP contribution in [0.4, 0.5) is 0 Å². The van der Waals surface area contributed by atoms with Crippen molar-refractivity contribution in [1.29, 1.82) is 0 Å². The van der Waals surface area contributed by atoms with Gasteiger partial charge in [-0.1, -0.05) is 148 Å². The van der Waals surface area contributed by atoms with E-state index in [1.807, 2.05) is 0 Å². The molecule has 9 N–H and O–H groups in total. The molecule has 0 heterocycles. The smallest absolute Gasteiger partial charge is 0.393 e. The third kappa shape index (κ3) is 21.8. The second-order valence-electron chi connectivity index (χ2n) is 14.7. The average Bonchev–Trinajstić information content (AvgIpc) is 3.11. The van der Waals surface area contributed by atoms with E-state index in [9.17, 15) is 50.0 Å². The zero-order chi connectivity index (χ0) is 38.8. The molecule has 0 bridgehead atoms. The predicted molar refractivity (Wildman–Crippen MR) is 201 cm³/mol. The van der Waals surface area contributed by atoms with Gasteiger partial charge in [0.25, 0.3) is 0 Å². The molecule has 1 saturated carbocycles. The first-order chi connectivity index (χ1) is 24.8. The first kappa shape index (κ1) is 49.1. The van der Waals surface area contributed by atoms with Crippen molar-refractivity contribution in [2.45, 2.75) is 216 Å². The molecule has 1 fully saturated rings. The topological polar surface area (TPSA) is 226 Å². The van der Waals surface area contributed by atoms with Crippen molar-refractivity contribution < 1.29 is 59.0 Å². The Labute approximate surface area is 312 Å². The monoisotopic (exact) mass is 767 g/mol. The number of carbonyl (C=O) groups is 1. The Hall–Kier alpha value is -0.960. The summed E-state index contributed by atoms with van der Waals surface area (Å²) in [5, 5.41) is 74.0. The highest BCUT2D eigenvalue weighted by atomic mass is 31.2. The Bertz CT molecular complexity index is 958. The van der Waals surface area contributed by atoms with Crippen LogP contribution in [-0.2, 0) is 18.4 Å². The minimum Gasteiger partial charge on any atom is -0.393 e. The van der Waals surface area contributed by atoms with Crippen molar-refractivity contribution in [2.75, 3.05) is 6.61 Å². The number of unbranched alkanes of at least 4 members (excludes halogenated alkanes) is 19. The first-order valence-corrected chi connectivity index (χ1v) is 21.7. The number of rotatable bonds is 32. The second-order valence-corrected chi connectivity index (χ2v) is 16.1. The fourth-order valence-electron chi connectivity index (χ4n) is 6.47. The van der Waals surface area contributed by atoms with E-state index in [1.54, 1.807) is 6.08 Å². The molecule has 0 aromatic heterocycles. The van der Waals surface area contributed by atoms with Gasteiger partial charge in [0, 0.05) is 0 Å². The summed E-state index contributed by atoms with van der Waals surface area (Å²) in [6.07, 6.45) is 13.2. The molecule has 8 unspecified atom stereocenters. The number of phosphoric acid groups is 1. The lowest BCUT2D eigenvalue weighted by molar-refractivity contribution is -0.220. The molecule has 0 radical (unpaired) electrons. The summed E-state index contributed by atoms with van der Waals surface area (Å²) < 4.78 is 22.7. The highest BCUT2D eigenvalue weighted by Gasteiger charge is 2.51. The fraction of sp³-hybridized carbons (Fsp3) is 0.921. The molecule has 1 aliphatic rings. The van der Waals surface area contributed by atoms with Gasteiger partial charge in [-0.05, 0) is 19.3 Å². The van der Waals surface area contributed by atoms with Gasteiger partial charge in [-0.15, -0.1) is 0 Å². The molecule has 1 aliphatic carbocycles.